The van der Waals surface area contributed by atoms with Gasteiger partial charge >= 0.3 is 0 Å². The minimum atomic E-state index is -0.578. The van der Waals surface area contributed by atoms with E-state index in [-0.39, 0.29) is 5.78 Å². The second kappa shape index (κ2) is 5.33. The molecule has 0 heterocycles. The van der Waals surface area contributed by atoms with Gasteiger partial charge < -0.3 is 0 Å². The summed E-state index contributed by atoms with van der Waals surface area (Å²) in [6, 6.07) is 16.7. The molecule has 0 bridgehead atoms. The van der Waals surface area contributed by atoms with Crippen LogP contribution in [-0.4, -0.2) is 5.78 Å². The number of ketones is 1. The van der Waals surface area contributed by atoms with Crippen LogP contribution in [0, 0.1) is 0 Å². The van der Waals surface area contributed by atoms with Crippen molar-refractivity contribution in [2.75, 3.05) is 0 Å². The smallest absolute Gasteiger partial charge is 0.145 e. The maximum atomic E-state index is 12.7. The molecule has 0 aromatic heterocycles. The zero-order valence-electron chi connectivity index (χ0n) is 12.4. The summed E-state index contributed by atoms with van der Waals surface area (Å²) >= 11 is 0. The zero-order valence-corrected chi connectivity index (χ0v) is 12.4. The SMILES string of the molecule is C=CCC1(C(C)=O)c2ccccc2CCc2ccccc21. The molecule has 0 saturated carbocycles. The maximum Gasteiger partial charge on any atom is 0.145 e. The molecule has 0 radical (unpaired) electrons. The lowest BCUT2D eigenvalue weighted by Crippen LogP contribution is -2.36. The molecule has 0 aliphatic heterocycles. The maximum absolute atomic E-state index is 12.7. The second-order valence-electron chi connectivity index (χ2n) is 5.77. The van der Waals surface area contributed by atoms with Crippen LogP contribution in [0.4, 0.5) is 0 Å². The lowest BCUT2D eigenvalue weighted by Gasteiger charge is -2.33. The number of benzene rings is 2. The summed E-state index contributed by atoms with van der Waals surface area (Å²) in [5.41, 5.74) is 4.30. The quantitative estimate of drug-likeness (QED) is 0.766. The Kier molecular flexibility index (Phi) is 3.50. The van der Waals surface area contributed by atoms with Gasteiger partial charge in [-0.05, 0) is 48.4 Å². The standard InChI is InChI=1S/C20H20O/c1-3-14-20(15(2)21)18-10-6-4-8-16(18)12-13-17-9-5-7-11-19(17)20/h3-11H,1,12-14H2,2H3. The Morgan fingerprint density at radius 2 is 1.52 bits per heavy atom. The number of hydrogen-bond acceptors (Lipinski definition) is 1. The van der Waals surface area contributed by atoms with Crippen LogP contribution >= 0.6 is 0 Å². The molecule has 0 atom stereocenters. The molecule has 0 spiro atoms. The van der Waals surface area contributed by atoms with Crippen LogP contribution in [0.25, 0.3) is 0 Å². The predicted octanol–water partition coefficient (Wildman–Crippen LogP) is 4.24. The van der Waals surface area contributed by atoms with E-state index in [1.54, 1.807) is 6.92 Å². The fourth-order valence-electron chi connectivity index (χ4n) is 3.68. The molecule has 1 aliphatic rings. The number of rotatable bonds is 3. The van der Waals surface area contributed by atoms with E-state index in [4.69, 9.17) is 0 Å². The summed E-state index contributed by atoms with van der Waals surface area (Å²) in [6.45, 7) is 5.62. The van der Waals surface area contributed by atoms with E-state index < -0.39 is 5.41 Å². The van der Waals surface area contributed by atoms with Gasteiger partial charge in [-0.25, -0.2) is 0 Å². The summed E-state index contributed by atoms with van der Waals surface area (Å²) in [5.74, 6) is 0.198. The third-order valence-electron chi connectivity index (χ3n) is 4.67. The zero-order chi connectivity index (χ0) is 14.9. The Bertz CT molecular complexity index is 649. The number of fused-ring (bicyclic) bond motifs is 2. The first-order chi connectivity index (χ1) is 10.2. The molecule has 0 saturated heterocycles. The van der Waals surface area contributed by atoms with Gasteiger partial charge in [-0.2, -0.15) is 0 Å². The van der Waals surface area contributed by atoms with Crippen molar-refractivity contribution in [1.29, 1.82) is 0 Å². The summed E-state index contributed by atoms with van der Waals surface area (Å²) in [7, 11) is 0. The lowest BCUT2D eigenvalue weighted by atomic mass is 9.68. The van der Waals surface area contributed by atoms with Crippen molar-refractivity contribution in [1.82, 2.24) is 0 Å². The Morgan fingerprint density at radius 1 is 1.05 bits per heavy atom. The van der Waals surface area contributed by atoms with E-state index in [2.05, 4.69) is 43.0 Å². The number of hydrogen-bond donors (Lipinski definition) is 0. The molecule has 0 amide bonds. The molecule has 106 valence electrons. The summed E-state index contributed by atoms with van der Waals surface area (Å²) in [4.78, 5) is 12.7. The highest BCUT2D eigenvalue weighted by molar-refractivity contribution is 5.93. The number of carbonyl (C=O) groups excluding carboxylic acids is 1. The van der Waals surface area contributed by atoms with Gasteiger partial charge in [0.25, 0.3) is 0 Å². The van der Waals surface area contributed by atoms with E-state index in [1.807, 2.05) is 18.2 Å². The number of carbonyl (C=O) groups is 1. The van der Waals surface area contributed by atoms with Gasteiger partial charge in [0.15, 0.2) is 0 Å². The lowest BCUT2D eigenvalue weighted by molar-refractivity contribution is -0.121. The van der Waals surface area contributed by atoms with Crippen LogP contribution in [-0.2, 0) is 23.1 Å². The van der Waals surface area contributed by atoms with Crippen LogP contribution < -0.4 is 0 Å². The van der Waals surface area contributed by atoms with Crippen molar-refractivity contribution < 1.29 is 4.79 Å². The highest BCUT2D eigenvalue weighted by Gasteiger charge is 2.42. The van der Waals surface area contributed by atoms with Gasteiger partial charge in [0, 0.05) is 0 Å². The number of aryl methyl sites for hydroxylation is 2. The largest absolute Gasteiger partial charge is 0.299 e. The van der Waals surface area contributed by atoms with Crippen LogP contribution in [0.1, 0.15) is 35.6 Å². The normalized spacial score (nSPS) is 15.5. The number of Topliss-reactive ketones (excluding diaryl/α,β-unsaturated/α-hetero) is 1. The molecule has 0 fully saturated rings. The molecule has 1 nitrogen and oxygen atoms in total. The molecule has 2 aromatic carbocycles. The third-order valence-corrected chi connectivity index (χ3v) is 4.67. The first-order valence-electron chi connectivity index (χ1n) is 7.49. The molecule has 1 heteroatoms. The molecule has 0 N–H and O–H groups in total. The van der Waals surface area contributed by atoms with Crippen LogP contribution in [0.15, 0.2) is 61.2 Å². The van der Waals surface area contributed by atoms with Crippen molar-refractivity contribution in [3.63, 3.8) is 0 Å². The van der Waals surface area contributed by atoms with Gasteiger partial charge in [-0.15, -0.1) is 6.58 Å². The highest BCUT2D eigenvalue weighted by Crippen LogP contribution is 2.43. The third kappa shape index (κ3) is 2.04. The van der Waals surface area contributed by atoms with Crippen molar-refractivity contribution in [3.8, 4) is 0 Å². The topological polar surface area (TPSA) is 17.1 Å². The Hall–Kier alpha value is -2.15. The molecule has 21 heavy (non-hydrogen) atoms. The van der Waals surface area contributed by atoms with E-state index in [9.17, 15) is 4.79 Å². The highest BCUT2D eigenvalue weighted by atomic mass is 16.1. The van der Waals surface area contributed by atoms with Crippen molar-refractivity contribution in [3.05, 3.63) is 83.4 Å². The molecule has 3 rings (SSSR count). The Morgan fingerprint density at radius 3 is 1.95 bits per heavy atom. The molecular formula is C20H20O. The summed E-state index contributed by atoms with van der Waals surface area (Å²) in [6.07, 6.45) is 4.50. The van der Waals surface area contributed by atoms with Gasteiger partial charge in [0.2, 0.25) is 0 Å². The van der Waals surface area contributed by atoms with E-state index in [1.165, 1.54) is 11.1 Å². The summed E-state index contributed by atoms with van der Waals surface area (Å²) in [5, 5.41) is 0. The first-order valence-corrected chi connectivity index (χ1v) is 7.49. The van der Waals surface area contributed by atoms with Crippen molar-refractivity contribution in [2.24, 2.45) is 0 Å². The fraction of sp³-hybridized carbons (Fsp3) is 0.250. The average molecular weight is 276 g/mol. The van der Waals surface area contributed by atoms with Gasteiger partial charge in [-0.3, -0.25) is 4.79 Å². The van der Waals surface area contributed by atoms with E-state index >= 15 is 0 Å². The Labute approximate surface area is 126 Å². The van der Waals surface area contributed by atoms with Crippen LogP contribution in [0.3, 0.4) is 0 Å². The van der Waals surface area contributed by atoms with Gasteiger partial charge in [0.1, 0.15) is 5.78 Å². The monoisotopic (exact) mass is 276 g/mol. The molecule has 1 aliphatic carbocycles. The average Bonchev–Trinajstić information content (AvgIpc) is 2.64. The molecule has 2 aromatic rings. The Balaban J connectivity index is 2.38. The molecule has 0 unspecified atom stereocenters. The van der Waals surface area contributed by atoms with E-state index in [0.717, 1.165) is 24.0 Å². The van der Waals surface area contributed by atoms with Crippen molar-refractivity contribution >= 4 is 5.78 Å². The van der Waals surface area contributed by atoms with Crippen LogP contribution in [0.5, 0.6) is 0 Å². The van der Waals surface area contributed by atoms with Crippen molar-refractivity contribution in [2.45, 2.75) is 31.6 Å². The fourth-order valence-corrected chi connectivity index (χ4v) is 3.68. The predicted molar refractivity (Wildman–Crippen MR) is 86.6 cm³/mol. The number of allylic oxidation sites excluding steroid dienone is 1. The molecular weight excluding hydrogens is 256 g/mol. The van der Waals surface area contributed by atoms with Gasteiger partial charge in [0.05, 0.1) is 5.41 Å². The van der Waals surface area contributed by atoms with Gasteiger partial charge in [-0.1, -0.05) is 54.6 Å². The minimum Gasteiger partial charge on any atom is -0.299 e. The minimum absolute atomic E-state index is 0.198. The van der Waals surface area contributed by atoms with Crippen LogP contribution in [0.2, 0.25) is 0 Å². The first kappa shape index (κ1) is 13.8. The van der Waals surface area contributed by atoms with E-state index in [0.29, 0.717) is 6.42 Å². The summed E-state index contributed by atoms with van der Waals surface area (Å²) < 4.78 is 0. The second-order valence-corrected chi connectivity index (χ2v) is 5.77.